The SMILES string of the molecule is C=C(COC(=O)C(O)C/C=C\CC1OC2/C=C/C/C=C/C(C)=C\C3OC(C/C=C/C=C/C(=O)OC(C2)C1(C)CO)CC(C)C3C)C(C)C(O)CC. The van der Waals surface area contributed by atoms with Crippen molar-refractivity contribution in [1.82, 2.24) is 0 Å². The van der Waals surface area contributed by atoms with E-state index in [0.29, 0.717) is 43.1 Å². The van der Waals surface area contributed by atoms with E-state index in [0.717, 1.165) is 18.4 Å². The molecule has 11 atom stereocenters. The molecule has 2 saturated heterocycles. The number of aliphatic hydroxyl groups excluding tert-OH is 3. The topological polar surface area (TPSA) is 132 Å². The molecule has 0 aromatic carbocycles. The summed E-state index contributed by atoms with van der Waals surface area (Å²) in [5.41, 5.74) is 0.818. The minimum Gasteiger partial charge on any atom is -0.459 e. The molecule has 11 unspecified atom stereocenters. The van der Waals surface area contributed by atoms with Crippen LogP contribution in [-0.4, -0.2) is 83.2 Å². The predicted octanol–water partition coefficient (Wildman–Crippen LogP) is 6.65. The Bertz CT molecular complexity index is 1330. The minimum atomic E-state index is -1.37. The van der Waals surface area contributed by atoms with Crippen LogP contribution in [0.4, 0.5) is 0 Å². The van der Waals surface area contributed by atoms with Crippen molar-refractivity contribution in [3.05, 3.63) is 84.6 Å². The van der Waals surface area contributed by atoms with Crippen molar-refractivity contribution in [2.75, 3.05) is 13.2 Å². The summed E-state index contributed by atoms with van der Waals surface area (Å²) in [6.07, 6.45) is 21.3. The molecule has 0 spiro atoms. The van der Waals surface area contributed by atoms with Crippen molar-refractivity contribution >= 4 is 11.9 Å². The first-order valence-electron chi connectivity index (χ1n) is 18.6. The highest BCUT2D eigenvalue weighted by molar-refractivity contribution is 5.82. The van der Waals surface area contributed by atoms with Crippen LogP contribution in [0.25, 0.3) is 0 Å². The Labute approximate surface area is 305 Å². The first-order valence-corrected chi connectivity index (χ1v) is 18.6. The molecule has 3 aliphatic rings. The highest BCUT2D eigenvalue weighted by Crippen LogP contribution is 2.41. The Balaban J connectivity index is 1.71. The average molecular weight is 711 g/mol. The zero-order valence-electron chi connectivity index (χ0n) is 31.5. The smallest absolute Gasteiger partial charge is 0.335 e. The highest BCUT2D eigenvalue weighted by Gasteiger charge is 2.49. The van der Waals surface area contributed by atoms with E-state index >= 15 is 0 Å². The van der Waals surface area contributed by atoms with Crippen LogP contribution in [0.3, 0.4) is 0 Å². The van der Waals surface area contributed by atoms with Crippen molar-refractivity contribution in [2.45, 2.75) is 129 Å². The first-order chi connectivity index (χ1) is 24.3. The summed E-state index contributed by atoms with van der Waals surface area (Å²) in [4.78, 5) is 25.4. The molecule has 0 radical (unpaired) electrons. The van der Waals surface area contributed by atoms with Crippen LogP contribution in [0.15, 0.2) is 84.6 Å². The van der Waals surface area contributed by atoms with E-state index in [1.165, 1.54) is 6.08 Å². The van der Waals surface area contributed by atoms with Gasteiger partial charge in [-0.15, -0.1) is 0 Å². The summed E-state index contributed by atoms with van der Waals surface area (Å²) in [5.74, 6) is -0.561. The third-order valence-corrected chi connectivity index (χ3v) is 10.8. The van der Waals surface area contributed by atoms with E-state index in [1.54, 1.807) is 18.2 Å². The molecule has 0 saturated carbocycles. The van der Waals surface area contributed by atoms with Gasteiger partial charge < -0.3 is 34.3 Å². The van der Waals surface area contributed by atoms with Gasteiger partial charge in [0.05, 0.1) is 42.5 Å². The van der Waals surface area contributed by atoms with Crippen molar-refractivity contribution in [3.8, 4) is 0 Å². The van der Waals surface area contributed by atoms with Gasteiger partial charge in [-0.25, -0.2) is 9.59 Å². The van der Waals surface area contributed by atoms with Gasteiger partial charge >= 0.3 is 11.9 Å². The maximum Gasteiger partial charge on any atom is 0.335 e. The van der Waals surface area contributed by atoms with Gasteiger partial charge in [0.2, 0.25) is 0 Å². The maximum atomic E-state index is 13.0. The lowest BCUT2D eigenvalue weighted by Crippen LogP contribution is -2.55. The van der Waals surface area contributed by atoms with Crippen LogP contribution in [0.1, 0.15) is 86.5 Å². The predicted molar refractivity (Wildman–Crippen MR) is 199 cm³/mol. The number of hydrogen-bond donors (Lipinski definition) is 3. The van der Waals surface area contributed by atoms with Crippen LogP contribution in [0.5, 0.6) is 0 Å². The lowest BCUT2D eigenvalue weighted by Gasteiger charge is -2.47. The standard InChI is InChI=1S/C42H62O9/c1-8-35(44)31(5)30(4)26-48-41(47)36(45)20-15-16-21-38-42(7,27-43)39-25-34(50-38)19-12-9-11-17-28(2)23-37-32(6)29(3)24-33(49-37)18-13-10-14-22-40(46)51-39/h10-17,19,22-23,29,31-39,43-45H,4,8-9,18,20-21,24-27H2,1-3,5-7H3/b13-10+,16-15-,17-11+,19-12+,22-14+,28-23-. The summed E-state index contributed by atoms with van der Waals surface area (Å²) in [5, 5.41) is 31.0. The number of carbonyl (C=O) groups excluding carboxylic acids is 2. The van der Waals surface area contributed by atoms with Gasteiger partial charge in [0, 0.05) is 24.8 Å². The lowest BCUT2D eigenvalue weighted by molar-refractivity contribution is -0.198. The molecule has 3 heterocycles. The van der Waals surface area contributed by atoms with Crippen LogP contribution in [0, 0.1) is 23.2 Å². The van der Waals surface area contributed by atoms with Gasteiger partial charge in [0.25, 0.3) is 0 Å². The second kappa shape index (κ2) is 20.8. The van der Waals surface area contributed by atoms with Gasteiger partial charge in [-0.2, -0.15) is 0 Å². The highest BCUT2D eigenvalue weighted by atomic mass is 16.6. The molecule has 51 heavy (non-hydrogen) atoms. The fourth-order valence-electron chi connectivity index (χ4n) is 6.70. The van der Waals surface area contributed by atoms with Crippen LogP contribution >= 0.6 is 0 Å². The van der Waals surface area contributed by atoms with E-state index in [2.05, 4.69) is 45.6 Å². The van der Waals surface area contributed by atoms with E-state index < -0.39 is 41.8 Å². The molecule has 9 nitrogen and oxygen atoms in total. The summed E-state index contributed by atoms with van der Waals surface area (Å²) in [6.45, 7) is 15.7. The van der Waals surface area contributed by atoms with Crippen molar-refractivity contribution < 1.29 is 43.9 Å². The summed E-state index contributed by atoms with van der Waals surface area (Å²) >= 11 is 0. The van der Waals surface area contributed by atoms with Gasteiger partial charge in [-0.05, 0) is 56.4 Å². The van der Waals surface area contributed by atoms with Crippen LogP contribution in [0.2, 0.25) is 0 Å². The number of fused-ring (bicyclic) bond motifs is 4. The summed E-state index contributed by atoms with van der Waals surface area (Å²) < 4.78 is 24.1. The van der Waals surface area contributed by atoms with Crippen LogP contribution in [-0.2, 0) is 28.5 Å². The number of allylic oxidation sites excluding steroid dienone is 6. The fourth-order valence-corrected chi connectivity index (χ4v) is 6.70. The van der Waals surface area contributed by atoms with Crippen molar-refractivity contribution in [2.24, 2.45) is 23.2 Å². The Morgan fingerprint density at radius 2 is 1.88 bits per heavy atom. The van der Waals surface area contributed by atoms with E-state index in [4.69, 9.17) is 18.9 Å². The molecule has 4 bridgehead atoms. The minimum absolute atomic E-state index is 0.0207. The summed E-state index contributed by atoms with van der Waals surface area (Å²) in [7, 11) is 0. The third kappa shape index (κ3) is 12.8. The van der Waals surface area contributed by atoms with E-state index in [9.17, 15) is 24.9 Å². The number of aliphatic hydroxyl groups is 3. The van der Waals surface area contributed by atoms with Gasteiger partial charge in [0.15, 0.2) is 6.10 Å². The fraction of sp³-hybridized carbons (Fsp3) is 0.619. The largest absolute Gasteiger partial charge is 0.459 e. The third-order valence-electron chi connectivity index (χ3n) is 10.8. The zero-order valence-corrected chi connectivity index (χ0v) is 31.5. The number of rotatable bonds is 11. The molecule has 0 amide bonds. The van der Waals surface area contributed by atoms with Crippen molar-refractivity contribution in [1.29, 1.82) is 0 Å². The maximum absolute atomic E-state index is 13.0. The molecule has 3 aliphatic heterocycles. The molecule has 0 aromatic heterocycles. The number of esters is 2. The second-order valence-electron chi connectivity index (χ2n) is 14.8. The van der Waals surface area contributed by atoms with E-state index in [-0.39, 0.29) is 43.9 Å². The number of carbonyl (C=O) groups is 2. The van der Waals surface area contributed by atoms with Gasteiger partial charge in [-0.1, -0.05) is 108 Å². The molecule has 0 aromatic rings. The molecular formula is C42H62O9. The lowest BCUT2D eigenvalue weighted by atomic mass is 9.73. The monoisotopic (exact) mass is 710 g/mol. The zero-order chi connectivity index (χ0) is 37.6. The Morgan fingerprint density at radius 1 is 1.12 bits per heavy atom. The average Bonchev–Trinajstić information content (AvgIpc) is 3.10. The number of hydrogen-bond acceptors (Lipinski definition) is 9. The molecule has 0 aliphatic carbocycles. The summed E-state index contributed by atoms with van der Waals surface area (Å²) in [6, 6.07) is 0. The molecule has 3 N–H and O–H groups in total. The second-order valence-corrected chi connectivity index (χ2v) is 14.8. The number of ether oxygens (including phenoxy) is 4. The normalized spacial score (nSPS) is 36.0. The van der Waals surface area contributed by atoms with Gasteiger partial charge in [0.1, 0.15) is 12.7 Å². The molecule has 2 fully saturated rings. The molecule has 9 heteroatoms. The molecule has 3 rings (SSSR count). The first kappa shape index (κ1) is 42.3. The molecule has 284 valence electrons. The van der Waals surface area contributed by atoms with Gasteiger partial charge in [-0.3, -0.25) is 0 Å². The quantitative estimate of drug-likeness (QED) is 0.159. The van der Waals surface area contributed by atoms with Crippen LogP contribution < -0.4 is 0 Å². The Kier molecular flexibility index (Phi) is 17.3. The Hall–Kier alpha value is -3.08. The van der Waals surface area contributed by atoms with Crippen molar-refractivity contribution in [3.63, 3.8) is 0 Å². The van der Waals surface area contributed by atoms with E-state index in [1.807, 2.05) is 45.1 Å². The molecular weight excluding hydrogens is 648 g/mol. The Morgan fingerprint density at radius 3 is 2.61 bits per heavy atom.